The van der Waals surface area contributed by atoms with Gasteiger partial charge < -0.3 is 15.4 Å². The van der Waals surface area contributed by atoms with Crippen LogP contribution < -0.4 is 10.6 Å². The molecule has 2 aromatic carbocycles. The van der Waals surface area contributed by atoms with Crippen molar-refractivity contribution in [2.75, 3.05) is 18.5 Å². The quantitative estimate of drug-likeness (QED) is 0.875. The van der Waals surface area contributed by atoms with E-state index in [-0.39, 0.29) is 12.0 Å². The third-order valence-corrected chi connectivity index (χ3v) is 4.56. The average Bonchev–Trinajstić information content (AvgIpc) is 3.11. The van der Waals surface area contributed by atoms with Gasteiger partial charge in [-0.1, -0.05) is 24.3 Å². The van der Waals surface area contributed by atoms with Crippen LogP contribution in [0.25, 0.3) is 0 Å². The molecule has 1 heterocycles. The fourth-order valence-electron chi connectivity index (χ4n) is 2.93. The van der Waals surface area contributed by atoms with Gasteiger partial charge in [0.1, 0.15) is 0 Å². The number of para-hydroxylation sites is 1. The molecule has 1 atom stereocenters. The van der Waals surface area contributed by atoms with Crippen LogP contribution in [0.15, 0.2) is 42.5 Å². The van der Waals surface area contributed by atoms with Gasteiger partial charge in [-0.2, -0.15) is 0 Å². The molecule has 3 rings (SSSR count). The lowest BCUT2D eigenvalue weighted by Gasteiger charge is -2.16. The maximum atomic E-state index is 12.6. The standard InChI is InChI=1S/C20H24N2O2/c1-14-7-5-11-18(15(14)2)22-19-10-4-3-9-17(19)20(23)21-13-16-8-6-12-24-16/h3-5,7,9-11,16,22H,6,8,12-13H2,1-2H3,(H,21,23)/t16-/m1/s1. The molecule has 0 bridgehead atoms. The molecule has 2 aromatic rings. The van der Waals surface area contributed by atoms with Crippen LogP contribution in [0.1, 0.15) is 34.3 Å². The lowest BCUT2D eigenvalue weighted by atomic mass is 10.1. The summed E-state index contributed by atoms with van der Waals surface area (Å²) in [6, 6.07) is 13.7. The fraction of sp³-hybridized carbons (Fsp3) is 0.350. The third-order valence-electron chi connectivity index (χ3n) is 4.56. The maximum Gasteiger partial charge on any atom is 0.253 e. The predicted molar refractivity (Wildman–Crippen MR) is 96.9 cm³/mol. The number of benzene rings is 2. The van der Waals surface area contributed by atoms with Crippen molar-refractivity contribution >= 4 is 17.3 Å². The minimum Gasteiger partial charge on any atom is -0.376 e. The van der Waals surface area contributed by atoms with E-state index in [1.807, 2.05) is 36.4 Å². The molecule has 1 amide bonds. The highest BCUT2D eigenvalue weighted by Gasteiger charge is 2.18. The Hall–Kier alpha value is -2.33. The van der Waals surface area contributed by atoms with Gasteiger partial charge in [0.2, 0.25) is 0 Å². The van der Waals surface area contributed by atoms with Gasteiger partial charge in [-0.25, -0.2) is 0 Å². The summed E-state index contributed by atoms with van der Waals surface area (Å²) in [5.74, 6) is -0.0705. The molecule has 0 unspecified atom stereocenters. The first kappa shape index (κ1) is 16.5. The molecule has 0 radical (unpaired) electrons. The Balaban J connectivity index is 1.74. The van der Waals surface area contributed by atoms with Gasteiger partial charge in [0.15, 0.2) is 0 Å². The highest BCUT2D eigenvalue weighted by atomic mass is 16.5. The molecule has 24 heavy (non-hydrogen) atoms. The Morgan fingerprint density at radius 3 is 2.71 bits per heavy atom. The molecule has 0 aliphatic carbocycles. The molecule has 0 aromatic heterocycles. The summed E-state index contributed by atoms with van der Waals surface area (Å²) in [4.78, 5) is 12.6. The molecule has 1 saturated heterocycles. The van der Waals surface area contributed by atoms with Crippen molar-refractivity contribution in [3.63, 3.8) is 0 Å². The maximum absolute atomic E-state index is 12.6. The highest BCUT2D eigenvalue weighted by Crippen LogP contribution is 2.25. The number of rotatable bonds is 5. The van der Waals surface area contributed by atoms with Gasteiger partial charge in [-0.15, -0.1) is 0 Å². The number of amides is 1. The summed E-state index contributed by atoms with van der Waals surface area (Å²) >= 11 is 0. The van der Waals surface area contributed by atoms with E-state index in [0.29, 0.717) is 12.1 Å². The van der Waals surface area contributed by atoms with Gasteiger partial charge in [0, 0.05) is 18.8 Å². The lowest BCUT2D eigenvalue weighted by molar-refractivity contribution is 0.0858. The molecule has 1 aliphatic rings. The zero-order valence-electron chi connectivity index (χ0n) is 14.3. The zero-order valence-corrected chi connectivity index (χ0v) is 14.3. The molecule has 1 aliphatic heterocycles. The van der Waals surface area contributed by atoms with Gasteiger partial charge >= 0.3 is 0 Å². The Morgan fingerprint density at radius 1 is 1.12 bits per heavy atom. The Labute approximate surface area is 143 Å². The summed E-state index contributed by atoms with van der Waals surface area (Å²) in [5, 5.41) is 6.39. The van der Waals surface area contributed by atoms with Gasteiger partial charge in [0.05, 0.1) is 17.4 Å². The van der Waals surface area contributed by atoms with Crippen LogP contribution in [0.4, 0.5) is 11.4 Å². The van der Waals surface area contributed by atoms with Crippen molar-refractivity contribution in [3.05, 3.63) is 59.2 Å². The van der Waals surface area contributed by atoms with E-state index in [1.54, 1.807) is 0 Å². The van der Waals surface area contributed by atoms with E-state index in [0.717, 1.165) is 30.8 Å². The molecule has 4 heteroatoms. The normalized spacial score (nSPS) is 16.8. The molecule has 4 nitrogen and oxygen atoms in total. The van der Waals surface area contributed by atoms with Crippen LogP contribution in [-0.2, 0) is 4.74 Å². The number of carbonyl (C=O) groups is 1. The first-order valence-corrected chi connectivity index (χ1v) is 8.47. The molecular weight excluding hydrogens is 300 g/mol. The largest absolute Gasteiger partial charge is 0.376 e. The van der Waals surface area contributed by atoms with E-state index in [9.17, 15) is 4.79 Å². The number of hydrogen-bond donors (Lipinski definition) is 2. The van der Waals surface area contributed by atoms with Crippen LogP contribution in [0, 0.1) is 13.8 Å². The number of aryl methyl sites for hydroxylation is 1. The summed E-state index contributed by atoms with van der Waals surface area (Å²) in [7, 11) is 0. The Bertz CT molecular complexity index is 721. The van der Waals surface area contributed by atoms with Crippen LogP contribution in [0.5, 0.6) is 0 Å². The first-order valence-electron chi connectivity index (χ1n) is 8.47. The fourth-order valence-corrected chi connectivity index (χ4v) is 2.93. The minimum atomic E-state index is -0.0705. The van der Waals surface area contributed by atoms with E-state index in [4.69, 9.17) is 4.74 Å². The predicted octanol–water partition coefficient (Wildman–Crippen LogP) is 3.96. The molecule has 0 saturated carbocycles. The molecule has 2 N–H and O–H groups in total. The van der Waals surface area contributed by atoms with Crippen LogP contribution in [0.3, 0.4) is 0 Å². The number of anilines is 2. The summed E-state index contributed by atoms with van der Waals surface area (Å²) in [6.07, 6.45) is 2.24. The Kier molecular flexibility index (Phi) is 5.16. The molecule has 0 spiro atoms. The van der Waals surface area contributed by atoms with Crippen LogP contribution in [-0.4, -0.2) is 25.2 Å². The average molecular weight is 324 g/mol. The van der Waals surface area contributed by atoms with Gasteiger partial charge in [-0.05, 0) is 56.0 Å². The van der Waals surface area contributed by atoms with Crippen molar-refractivity contribution in [3.8, 4) is 0 Å². The van der Waals surface area contributed by atoms with E-state index < -0.39 is 0 Å². The summed E-state index contributed by atoms with van der Waals surface area (Å²) in [5.41, 5.74) is 4.90. The molecular formula is C20H24N2O2. The summed E-state index contributed by atoms with van der Waals surface area (Å²) in [6.45, 7) is 5.53. The van der Waals surface area contributed by atoms with E-state index in [1.165, 1.54) is 11.1 Å². The van der Waals surface area contributed by atoms with Crippen LogP contribution >= 0.6 is 0 Å². The number of carbonyl (C=O) groups excluding carboxylic acids is 1. The van der Waals surface area contributed by atoms with Crippen molar-refractivity contribution < 1.29 is 9.53 Å². The molecule has 126 valence electrons. The highest BCUT2D eigenvalue weighted by molar-refractivity contribution is 6.00. The third kappa shape index (κ3) is 3.77. The minimum absolute atomic E-state index is 0.0705. The first-order chi connectivity index (χ1) is 11.6. The molecule has 1 fully saturated rings. The summed E-state index contributed by atoms with van der Waals surface area (Å²) < 4.78 is 5.56. The van der Waals surface area contributed by atoms with Crippen LogP contribution in [0.2, 0.25) is 0 Å². The smallest absolute Gasteiger partial charge is 0.253 e. The second-order valence-electron chi connectivity index (χ2n) is 6.26. The lowest BCUT2D eigenvalue weighted by Crippen LogP contribution is -2.32. The van der Waals surface area contributed by atoms with E-state index in [2.05, 4.69) is 30.5 Å². The SMILES string of the molecule is Cc1cccc(Nc2ccccc2C(=O)NC[C@H]2CCCO2)c1C. The van der Waals surface area contributed by atoms with Crippen molar-refractivity contribution in [2.24, 2.45) is 0 Å². The van der Waals surface area contributed by atoms with Crippen molar-refractivity contribution in [1.29, 1.82) is 0 Å². The number of hydrogen-bond acceptors (Lipinski definition) is 3. The van der Waals surface area contributed by atoms with Gasteiger partial charge in [-0.3, -0.25) is 4.79 Å². The second-order valence-corrected chi connectivity index (χ2v) is 6.26. The van der Waals surface area contributed by atoms with Crippen molar-refractivity contribution in [2.45, 2.75) is 32.8 Å². The number of nitrogens with one attached hydrogen (secondary N) is 2. The topological polar surface area (TPSA) is 50.4 Å². The van der Waals surface area contributed by atoms with E-state index >= 15 is 0 Å². The van der Waals surface area contributed by atoms with Gasteiger partial charge in [0.25, 0.3) is 5.91 Å². The Morgan fingerprint density at radius 2 is 1.92 bits per heavy atom. The number of ether oxygens (including phenoxy) is 1. The zero-order chi connectivity index (χ0) is 16.9. The van der Waals surface area contributed by atoms with Crippen molar-refractivity contribution in [1.82, 2.24) is 5.32 Å². The second kappa shape index (κ2) is 7.49. The monoisotopic (exact) mass is 324 g/mol.